The third kappa shape index (κ3) is 3.88. The van der Waals surface area contributed by atoms with Crippen LogP contribution in [0.2, 0.25) is 0 Å². The van der Waals surface area contributed by atoms with Crippen molar-refractivity contribution in [1.29, 1.82) is 0 Å². The molecule has 8 heteroatoms. The first-order chi connectivity index (χ1) is 13.4. The van der Waals surface area contributed by atoms with Crippen molar-refractivity contribution in [3.05, 3.63) is 59.4 Å². The molecule has 2 aliphatic heterocycles. The highest BCUT2D eigenvalue weighted by atomic mass is 32.2. The summed E-state index contributed by atoms with van der Waals surface area (Å²) < 4.78 is 46.7. The minimum atomic E-state index is -3.80. The van der Waals surface area contributed by atoms with Gasteiger partial charge in [0.1, 0.15) is 11.9 Å². The van der Waals surface area contributed by atoms with E-state index in [9.17, 15) is 17.6 Å². The van der Waals surface area contributed by atoms with E-state index in [4.69, 9.17) is 4.74 Å². The second-order valence-corrected chi connectivity index (χ2v) is 8.76. The van der Waals surface area contributed by atoms with Crippen LogP contribution in [0, 0.1) is 5.82 Å². The predicted molar refractivity (Wildman–Crippen MR) is 104 cm³/mol. The van der Waals surface area contributed by atoms with Crippen LogP contribution < -0.4 is 9.62 Å². The molecule has 0 radical (unpaired) electrons. The molecule has 0 aromatic heterocycles. The molecule has 2 aromatic carbocycles. The summed E-state index contributed by atoms with van der Waals surface area (Å²) in [6.45, 7) is 1.15. The number of rotatable bonds is 5. The summed E-state index contributed by atoms with van der Waals surface area (Å²) in [4.78, 5) is 14.4. The van der Waals surface area contributed by atoms with Crippen LogP contribution in [0.3, 0.4) is 0 Å². The van der Waals surface area contributed by atoms with E-state index in [1.807, 2.05) is 6.07 Å². The Bertz CT molecular complexity index is 1000. The van der Waals surface area contributed by atoms with Crippen molar-refractivity contribution in [3.63, 3.8) is 0 Å². The molecule has 0 spiro atoms. The lowest BCUT2D eigenvalue weighted by molar-refractivity contribution is -0.127. The predicted octanol–water partition coefficient (Wildman–Crippen LogP) is 2.84. The molecule has 1 N–H and O–H groups in total. The number of nitrogens with one attached hydrogen (secondary N) is 1. The maximum Gasteiger partial charge on any atom is 0.256 e. The number of hydrogen-bond acceptors (Lipinski definition) is 4. The van der Waals surface area contributed by atoms with Crippen LogP contribution in [0.5, 0.6) is 0 Å². The maximum absolute atomic E-state index is 13.8. The third-order valence-electron chi connectivity index (χ3n) is 5.03. The average Bonchev–Trinajstić information content (AvgIpc) is 3.32. The van der Waals surface area contributed by atoms with Gasteiger partial charge in [0.05, 0.1) is 11.4 Å². The van der Waals surface area contributed by atoms with Crippen molar-refractivity contribution < 1.29 is 22.3 Å². The van der Waals surface area contributed by atoms with Crippen LogP contribution in [0.4, 0.5) is 15.8 Å². The second-order valence-electron chi connectivity index (χ2n) is 7.04. The van der Waals surface area contributed by atoms with E-state index in [2.05, 4.69) is 4.72 Å². The number of halogens is 1. The van der Waals surface area contributed by atoms with Crippen LogP contribution >= 0.6 is 0 Å². The first-order valence-electron chi connectivity index (χ1n) is 9.23. The number of anilines is 2. The van der Waals surface area contributed by atoms with Crippen molar-refractivity contribution in [3.8, 4) is 0 Å². The Morgan fingerprint density at radius 3 is 2.82 bits per heavy atom. The number of carbonyl (C=O) groups excluding carboxylic acids is 1. The van der Waals surface area contributed by atoms with Crippen LogP contribution in [0.15, 0.2) is 42.5 Å². The van der Waals surface area contributed by atoms with Gasteiger partial charge >= 0.3 is 0 Å². The molecule has 1 atom stereocenters. The summed E-state index contributed by atoms with van der Waals surface area (Å²) in [7, 11) is -3.80. The first kappa shape index (κ1) is 18.9. The second kappa shape index (κ2) is 7.52. The Morgan fingerprint density at radius 2 is 2.07 bits per heavy atom. The summed E-state index contributed by atoms with van der Waals surface area (Å²) in [5.41, 5.74) is 2.14. The molecule has 1 unspecified atom stereocenters. The molecule has 2 aliphatic rings. The van der Waals surface area contributed by atoms with Gasteiger partial charge in [-0.05, 0) is 43.0 Å². The molecule has 28 heavy (non-hydrogen) atoms. The van der Waals surface area contributed by atoms with E-state index in [1.165, 1.54) is 18.2 Å². The van der Waals surface area contributed by atoms with Gasteiger partial charge in [0.2, 0.25) is 10.0 Å². The zero-order valence-electron chi connectivity index (χ0n) is 15.2. The fourth-order valence-electron chi connectivity index (χ4n) is 3.65. The largest absolute Gasteiger partial charge is 0.368 e. The van der Waals surface area contributed by atoms with Crippen LogP contribution in [-0.4, -0.2) is 33.6 Å². The number of sulfonamides is 1. The smallest absolute Gasteiger partial charge is 0.256 e. The molecular formula is C20H21FN2O4S. The zero-order valence-corrected chi connectivity index (χ0v) is 16.0. The molecule has 0 aliphatic carbocycles. The lowest BCUT2D eigenvalue weighted by Crippen LogP contribution is -2.37. The van der Waals surface area contributed by atoms with Gasteiger partial charge in [-0.25, -0.2) is 12.8 Å². The summed E-state index contributed by atoms with van der Waals surface area (Å²) in [5.74, 6) is -1.10. The van der Waals surface area contributed by atoms with E-state index in [-0.39, 0.29) is 11.5 Å². The molecule has 6 nitrogen and oxygen atoms in total. The highest BCUT2D eigenvalue weighted by Crippen LogP contribution is 2.33. The van der Waals surface area contributed by atoms with Gasteiger partial charge in [-0.1, -0.05) is 24.3 Å². The molecule has 2 heterocycles. The number of hydrogen-bond donors (Lipinski definition) is 1. The van der Waals surface area contributed by atoms with E-state index in [1.54, 1.807) is 23.1 Å². The monoisotopic (exact) mass is 404 g/mol. The van der Waals surface area contributed by atoms with Gasteiger partial charge in [0.15, 0.2) is 0 Å². The topological polar surface area (TPSA) is 75.7 Å². The SMILES string of the molecule is O=C(C1CCCO1)N1CCc2ccc(NS(=O)(=O)Cc3ccccc3F)cc21. The quantitative estimate of drug-likeness (QED) is 0.832. The zero-order chi connectivity index (χ0) is 19.7. The van der Waals surface area contributed by atoms with Gasteiger partial charge < -0.3 is 9.64 Å². The molecule has 148 valence electrons. The van der Waals surface area contributed by atoms with Crippen molar-refractivity contribution in [2.24, 2.45) is 0 Å². The fraction of sp³-hybridized carbons (Fsp3) is 0.350. The Balaban J connectivity index is 1.53. The average molecular weight is 404 g/mol. The maximum atomic E-state index is 13.8. The molecular weight excluding hydrogens is 383 g/mol. The van der Waals surface area contributed by atoms with Crippen LogP contribution in [-0.2, 0) is 31.7 Å². The highest BCUT2D eigenvalue weighted by Gasteiger charge is 2.33. The Labute approximate surface area is 163 Å². The lowest BCUT2D eigenvalue weighted by atomic mass is 10.1. The summed E-state index contributed by atoms with van der Waals surface area (Å²) in [6, 6.07) is 10.9. The Hall–Kier alpha value is -2.45. The van der Waals surface area contributed by atoms with Gasteiger partial charge in [-0.15, -0.1) is 0 Å². The molecule has 0 saturated carbocycles. The molecule has 1 saturated heterocycles. The van der Waals surface area contributed by atoms with E-state index in [0.717, 1.165) is 18.4 Å². The van der Waals surface area contributed by atoms with E-state index >= 15 is 0 Å². The van der Waals surface area contributed by atoms with Crippen molar-refractivity contribution in [2.75, 3.05) is 22.8 Å². The number of nitrogens with zero attached hydrogens (tertiary/aromatic N) is 1. The van der Waals surface area contributed by atoms with Crippen LogP contribution in [0.1, 0.15) is 24.0 Å². The molecule has 1 amide bonds. The first-order valence-corrected chi connectivity index (χ1v) is 10.9. The van der Waals surface area contributed by atoms with Gasteiger partial charge in [-0.2, -0.15) is 0 Å². The van der Waals surface area contributed by atoms with E-state index < -0.39 is 27.7 Å². The van der Waals surface area contributed by atoms with E-state index in [0.29, 0.717) is 30.9 Å². The number of benzene rings is 2. The van der Waals surface area contributed by atoms with Gasteiger partial charge in [0, 0.05) is 24.4 Å². The summed E-state index contributed by atoms with van der Waals surface area (Å²) in [5, 5.41) is 0. The summed E-state index contributed by atoms with van der Waals surface area (Å²) in [6.07, 6.45) is 1.87. The minimum absolute atomic E-state index is 0.0809. The number of ether oxygens (including phenoxy) is 1. The summed E-state index contributed by atoms with van der Waals surface area (Å²) >= 11 is 0. The highest BCUT2D eigenvalue weighted by molar-refractivity contribution is 7.91. The number of amides is 1. The lowest BCUT2D eigenvalue weighted by Gasteiger charge is -2.21. The molecule has 2 aromatic rings. The third-order valence-corrected chi connectivity index (χ3v) is 6.27. The minimum Gasteiger partial charge on any atom is -0.368 e. The molecule has 4 rings (SSSR count). The molecule has 1 fully saturated rings. The Kier molecular flexibility index (Phi) is 5.07. The van der Waals surface area contributed by atoms with Crippen molar-refractivity contribution >= 4 is 27.3 Å². The molecule has 0 bridgehead atoms. The Morgan fingerprint density at radius 1 is 1.25 bits per heavy atom. The van der Waals surface area contributed by atoms with Crippen LogP contribution in [0.25, 0.3) is 0 Å². The number of fused-ring (bicyclic) bond motifs is 1. The van der Waals surface area contributed by atoms with Crippen molar-refractivity contribution in [1.82, 2.24) is 0 Å². The number of carbonyl (C=O) groups is 1. The van der Waals surface area contributed by atoms with Crippen molar-refractivity contribution in [2.45, 2.75) is 31.1 Å². The standard InChI is InChI=1S/C20H21FN2O4S/c21-17-5-2-1-4-15(17)13-28(25,26)22-16-8-7-14-9-10-23(18(14)12-16)20(24)19-6-3-11-27-19/h1-2,4-5,7-8,12,19,22H,3,6,9-11,13H2. The normalized spacial score (nSPS) is 18.9. The fourth-order valence-corrected chi connectivity index (χ4v) is 4.86. The van der Waals surface area contributed by atoms with Gasteiger partial charge in [0.25, 0.3) is 5.91 Å². The van der Waals surface area contributed by atoms with Gasteiger partial charge in [-0.3, -0.25) is 9.52 Å².